The van der Waals surface area contributed by atoms with Gasteiger partial charge in [0.05, 0.1) is 22.8 Å². The number of hydrogen-bond donors (Lipinski definition) is 3. The second-order valence-electron chi connectivity index (χ2n) is 7.76. The highest BCUT2D eigenvalue weighted by atomic mass is 16.8. The Bertz CT molecular complexity index is 1520. The summed E-state index contributed by atoms with van der Waals surface area (Å²) in [6.45, 7) is 3.81. The standard InChI is InChI=1S/C25H19N8O2/c1-14-8-16(4-3-7-26)9-15(2)22(14)19-10-18(33(34)35)11-20-23(19)31-25(32-24(20)28)30-21-6-5-17(12-27)13-29-21/h3-6,8-11,13,34H,1-2H3,(H3,28,29,30,31,32)/q-1/b4-3+. The average Bonchev–Trinajstić information content (AvgIpc) is 2.83. The minimum Gasteiger partial charge on any atom is -0.733 e. The van der Waals surface area contributed by atoms with Gasteiger partial charge in [0.1, 0.15) is 17.7 Å². The number of aromatic nitrogens is 3. The number of aryl methyl sites for hydroxylation is 2. The number of nitrogens with zero attached hydrogens (tertiary/aromatic N) is 6. The third-order valence-corrected chi connectivity index (χ3v) is 5.34. The van der Waals surface area contributed by atoms with Crippen LogP contribution < -0.4 is 16.3 Å². The van der Waals surface area contributed by atoms with Gasteiger partial charge in [0, 0.05) is 23.2 Å². The minimum atomic E-state index is -0.232. The number of nitriles is 2. The SMILES string of the molecule is Cc1cc(/C=C/C#N)cc(C)c1-c1cc(N([O-])O)cc2c(N)nc(Nc3ccc(C#N)cn3)nc12. The number of pyridine rings is 1. The van der Waals surface area contributed by atoms with E-state index in [1.165, 1.54) is 24.4 Å². The Morgan fingerprint density at radius 1 is 1.11 bits per heavy atom. The van der Waals surface area contributed by atoms with Crippen LogP contribution in [0.3, 0.4) is 0 Å². The fourth-order valence-electron chi connectivity index (χ4n) is 3.90. The maximum Gasteiger partial charge on any atom is 0.230 e. The van der Waals surface area contributed by atoms with Gasteiger partial charge in [-0.2, -0.15) is 15.5 Å². The minimum absolute atomic E-state index is 0.0236. The second-order valence-corrected chi connectivity index (χ2v) is 7.76. The monoisotopic (exact) mass is 463 g/mol. The number of anilines is 4. The predicted octanol–water partition coefficient (Wildman–Crippen LogP) is 4.74. The molecule has 172 valence electrons. The van der Waals surface area contributed by atoms with Gasteiger partial charge in [-0.1, -0.05) is 12.1 Å². The summed E-state index contributed by atoms with van der Waals surface area (Å²) in [5.74, 6) is 0.691. The Labute approximate surface area is 200 Å². The number of fused-ring (bicyclic) bond motifs is 1. The van der Waals surface area contributed by atoms with E-state index in [1.54, 1.807) is 18.2 Å². The van der Waals surface area contributed by atoms with E-state index in [2.05, 4.69) is 20.3 Å². The molecule has 0 atom stereocenters. The normalized spacial score (nSPS) is 10.8. The summed E-state index contributed by atoms with van der Waals surface area (Å²) < 4.78 is 0. The summed E-state index contributed by atoms with van der Waals surface area (Å²) in [7, 11) is 0. The zero-order valence-corrected chi connectivity index (χ0v) is 18.8. The maximum absolute atomic E-state index is 11.8. The van der Waals surface area contributed by atoms with Crippen molar-refractivity contribution in [3.63, 3.8) is 0 Å². The highest BCUT2D eigenvalue weighted by Crippen LogP contribution is 2.38. The summed E-state index contributed by atoms with van der Waals surface area (Å²) in [4.78, 5) is 13.1. The number of nitrogen functional groups attached to an aromatic ring is 1. The molecule has 10 nitrogen and oxygen atoms in total. The molecule has 2 heterocycles. The molecule has 0 unspecified atom stereocenters. The molecule has 4 N–H and O–H groups in total. The highest BCUT2D eigenvalue weighted by molar-refractivity contribution is 6.03. The van der Waals surface area contributed by atoms with Gasteiger partial charge in [0.2, 0.25) is 5.95 Å². The van der Waals surface area contributed by atoms with Crippen LogP contribution >= 0.6 is 0 Å². The zero-order valence-electron chi connectivity index (χ0n) is 18.8. The molecule has 0 aliphatic carbocycles. The van der Waals surface area contributed by atoms with Crippen LogP contribution in [-0.4, -0.2) is 20.2 Å². The number of hydrogen-bond acceptors (Lipinski definition) is 10. The van der Waals surface area contributed by atoms with E-state index in [4.69, 9.17) is 16.3 Å². The van der Waals surface area contributed by atoms with Crippen LogP contribution in [0.1, 0.15) is 22.3 Å². The van der Waals surface area contributed by atoms with E-state index in [9.17, 15) is 10.4 Å². The molecule has 0 amide bonds. The zero-order chi connectivity index (χ0) is 25.1. The Balaban J connectivity index is 1.92. The Morgan fingerprint density at radius 2 is 1.86 bits per heavy atom. The summed E-state index contributed by atoms with van der Waals surface area (Å²) in [6.07, 6.45) is 4.52. The van der Waals surface area contributed by atoms with Crippen LogP contribution in [0.5, 0.6) is 0 Å². The van der Waals surface area contributed by atoms with Crippen LogP contribution in [0.4, 0.5) is 23.3 Å². The summed E-state index contributed by atoms with van der Waals surface area (Å²) in [6, 6.07) is 14.0. The lowest BCUT2D eigenvalue weighted by atomic mass is 9.91. The first-order valence-electron chi connectivity index (χ1n) is 10.4. The van der Waals surface area contributed by atoms with Crippen molar-refractivity contribution in [2.45, 2.75) is 13.8 Å². The van der Waals surface area contributed by atoms with Crippen molar-refractivity contribution in [1.29, 1.82) is 10.5 Å². The van der Waals surface area contributed by atoms with Crippen molar-refractivity contribution in [3.8, 4) is 23.3 Å². The lowest BCUT2D eigenvalue weighted by Crippen LogP contribution is -2.09. The van der Waals surface area contributed by atoms with Gasteiger partial charge in [0.25, 0.3) is 0 Å². The smallest absolute Gasteiger partial charge is 0.230 e. The fourth-order valence-corrected chi connectivity index (χ4v) is 3.90. The largest absolute Gasteiger partial charge is 0.733 e. The quantitative estimate of drug-likeness (QED) is 0.277. The van der Waals surface area contributed by atoms with Crippen LogP contribution in [0, 0.1) is 41.7 Å². The van der Waals surface area contributed by atoms with Gasteiger partial charge < -0.3 is 21.5 Å². The highest BCUT2D eigenvalue weighted by Gasteiger charge is 2.17. The molecular formula is C25H19N8O2-. The molecule has 4 aromatic rings. The Morgan fingerprint density at radius 3 is 2.46 bits per heavy atom. The Kier molecular flexibility index (Phi) is 6.25. The van der Waals surface area contributed by atoms with Gasteiger partial charge in [-0.25, -0.2) is 9.97 Å². The van der Waals surface area contributed by atoms with E-state index in [1.807, 2.05) is 38.1 Å². The van der Waals surface area contributed by atoms with Crippen LogP contribution in [0.15, 0.2) is 48.7 Å². The fraction of sp³-hybridized carbons (Fsp3) is 0.0800. The molecule has 0 bridgehead atoms. The first-order chi connectivity index (χ1) is 16.8. The predicted molar refractivity (Wildman–Crippen MR) is 133 cm³/mol. The Hall–Kier alpha value is -5.03. The summed E-state index contributed by atoms with van der Waals surface area (Å²) >= 11 is 0. The lowest BCUT2D eigenvalue weighted by molar-refractivity contribution is 0.296. The number of rotatable bonds is 5. The molecule has 0 saturated heterocycles. The van der Waals surface area contributed by atoms with Crippen molar-refractivity contribution in [3.05, 3.63) is 76.1 Å². The molecule has 0 aliphatic heterocycles. The van der Waals surface area contributed by atoms with Gasteiger partial charge in [-0.15, -0.1) is 0 Å². The van der Waals surface area contributed by atoms with Crippen LogP contribution in [-0.2, 0) is 0 Å². The van der Waals surface area contributed by atoms with E-state index in [0.717, 1.165) is 22.3 Å². The molecular weight excluding hydrogens is 444 g/mol. The molecule has 2 aromatic heterocycles. The van der Waals surface area contributed by atoms with Crippen LogP contribution in [0.25, 0.3) is 28.1 Å². The molecule has 4 rings (SSSR count). The summed E-state index contributed by atoms with van der Waals surface area (Å²) in [5.41, 5.74) is 11.0. The average molecular weight is 463 g/mol. The molecule has 35 heavy (non-hydrogen) atoms. The first kappa shape index (κ1) is 23.1. The molecule has 0 radical (unpaired) electrons. The van der Waals surface area contributed by atoms with Crippen molar-refractivity contribution >= 4 is 40.3 Å². The number of benzene rings is 2. The van der Waals surface area contributed by atoms with Crippen molar-refractivity contribution in [2.75, 3.05) is 16.3 Å². The number of nitrogens with one attached hydrogen (secondary N) is 1. The maximum atomic E-state index is 11.8. The molecule has 0 aliphatic rings. The van der Waals surface area contributed by atoms with E-state index < -0.39 is 0 Å². The molecule has 0 saturated carbocycles. The third-order valence-electron chi connectivity index (χ3n) is 5.34. The molecule has 2 aromatic carbocycles. The van der Waals surface area contributed by atoms with E-state index in [0.29, 0.717) is 27.8 Å². The second kappa shape index (κ2) is 9.45. The van der Waals surface area contributed by atoms with Crippen LogP contribution in [0.2, 0.25) is 0 Å². The molecule has 0 fully saturated rings. The van der Waals surface area contributed by atoms with Crippen molar-refractivity contribution in [2.24, 2.45) is 0 Å². The third kappa shape index (κ3) is 4.70. The lowest BCUT2D eigenvalue weighted by Gasteiger charge is -2.24. The number of nitrogens with two attached hydrogens (primary N) is 1. The van der Waals surface area contributed by atoms with Crippen molar-refractivity contribution in [1.82, 2.24) is 15.0 Å². The van der Waals surface area contributed by atoms with E-state index >= 15 is 0 Å². The number of allylic oxidation sites excluding steroid dienone is 1. The van der Waals surface area contributed by atoms with Gasteiger partial charge in [-0.3, -0.25) is 5.21 Å². The van der Waals surface area contributed by atoms with Gasteiger partial charge in [-0.05, 0) is 66.4 Å². The first-order valence-corrected chi connectivity index (χ1v) is 10.4. The molecule has 0 spiro atoms. The van der Waals surface area contributed by atoms with E-state index in [-0.39, 0.29) is 22.7 Å². The molecule has 10 heteroatoms. The van der Waals surface area contributed by atoms with Gasteiger partial charge >= 0.3 is 0 Å². The van der Waals surface area contributed by atoms with Crippen molar-refractivity contribution < 1.29 is 5.21 Å². The topological polar surface area (TPSA) is 171 Å². The summed E-state index contributed by atoms with van der Waals surface area (Å²) in [5, 5.41) is 42.4. The van der Waals surface area contributed by atoms with Gasteiger partial charge in [0.15, 0.2) is 0 Å².